The molecule has 0 radical (unpaired) electrons. The second-order valence-electron chi connectivity index (χ2n) is 5.79. The summed E-state index contributed by atoms with van der Waals surface area (Å²) in [5.41, 5.74) is 4.49. The average Bonchev–Trinajstić information content (AvgIpc) is 2.69. The van der Waals surface area contributed by atoms with Crippen LogP contribution in [0.2, 0.25) is 0 Å². The molecule has 0 fully saturated rings. The molecule has 3 aromatic rings. The first-order valence-electron chi connectivity index (χ1n) is 8.14. The number of hydrogen-bond acceptors (Lipinski definition) is 3. The Balaban J connectivity index is 1.60. The van der Waals surface area contributed by atoms with Crippen molar-refractivity contribution in [2.45, 2.75) is 6.18 Å². The molecule has 0 atom stereocenters. The number of para-hydroxylation sites is 1. The lowest BCUT2D eigenvalue weighted by Gasteiger charge is -2.07. The minimum atomic E-state index is -4.47. The monoisotopic (exact) mass is 385 g/mol. The third-order valence-electron chi connectivity index (χ3n) is 3.77. The van der Waals surface area contributed by atoms with Gasteiger partial charge in [-0.1, -0.05) is 36.4 Å². The van der Waals surface area contributed by atoms with Gasteiger partial charge in [0.2, 0.25) is 0 Å². The maximum absolute atomic E-state index is 12.7. The molecule has 2 aromatic carbocycles. The highest BCUT2D eigenvalue weighted by Crippen LogP contribution is 2.29. The summed E-state index contributed by atoms with van der Waals surface area (Å²) >= 11 is 0. The van der Waals surface area contributed by atoms with E-state index in [0.29, 0.717) is 5.52 Å². The van der Waals surface area contributed by atoms with Gasteiger partial charge in [0.05, 0.1) is 11.1 Å². The molecule has 0 spiro atoms. The van der Waals surface area contributed by atoms with Gasteiger partial charge in [0, 0.05) is 11.5 Å². The van der Waals surface area contributed by atoms with Crippen LogP contribution in [-0.2, 0) is 11.0 Å². The predicted molar refractivity (Wildman–Crippen MR) is 97.8 cm³/mol. The van der Waals surface area contributed by atoms with Crippen LogP contribution < -0.4 is 10.9 Å². The van der Waals surface area contributed by atoms with Crippen molar-refractivity contribution in [1.29, 1.82) is 0 Å². The number of rotatable bonds is 3. The summed E-state index contributed by atoms with van der Waals surface area (Å²) in [4.78, 5) is 28.1. The standard InChI is InChI=1S/C20H14F3N3O2/c21-20(22,23)15-6-3-4-13(12-15)8-11-18(27)25-26-19(28)17-10-9-14-5-1-2-7-16(14)24-17/h1-12H,(H,25,27)(H,26,28)/b11-8+. The third kappa shape index (κ3) is 4.73. The quantitative estimate of drug-likeness (QED) is 0.533. The molecular weight excluding hydrogens is 371 g/mol. The van der Waals surface area contributed by atoms with Crippen LogP contribution in [0.3, 0.4) is 0 Å². The number of pyridine rings is 1. The zero-order valence-electron chi connectivity index (χ0n) is 14.3. The molecule has 5 nitrogen and oxygen atoms in total. The van der Waals surface area contributed by atoms with Crippen LogP contribution in [0, 0.1) is 0 Å². The number of nitrogens with zero attached hydrogens (tertiary/aromatic N) is 1. The number of hydrogen-bond donors (Lipinski definition) is 2. The first kappa shape index (κ1) is 19.1. The number of carbonyl (C=O) groups is 2. The van der Waals surface area contributed by atoms with Gasteiger partial charge in [-0.2, -0.15) is 13.2 Å². The van der Waals surface area contributed by atoms with Crippen molar-refractivity contribution < 1.29 is 22.8 Å². The zero-order chi connectivity index (χ0) is 20.1. The molecule has 0 unspecified atom stereocenters. The Morgan fingerprint density at radius 2 is 1.71 bits per heavy atom. The summed E-state index contributed by atoms with van der Waals surface area (Å²) in [6.07, 6.45) is -2.23. The molecule has 0 bridgehead atoms. The van der Waals surface area contributed by atoms with Crippen LogP contribution in [-0.4, -0.2) is 16.8 Å². The van der Waals surface area contributed by atoms with Crippen LogP contribution >= 0.6 is 0 Å². The van der Waals surface area contributed by atoms with E-state index in [0.717, 1.165) is 23.6 Å². The predicted octanol–water partition coefficient (Wildman–Crippen LogP) is 3.73. The topological polar surface area (TPSA) is 71.1 Å². The summed E-state index contributed by atoms with van der Waals surface area (Å²) in [5.74, 6) is -1.32. The van der Waals surface area contributed by atoms with E-state index in [1.54, 1.807) is 18.2 Å². The molecular formula is C20H14F3N3O2. The van der Waals surface area contributed by atoms with Crippen molar-refractivity contribution in [3.05, 3.63) is 83.6 Å². The summed E-state index contributed by atoms with van der Waals surface area (Å²) in [5, 5.41) is 0.868. The highest BCUT2D eigenvalue weighted by atomic mass is 19.4. The van der Waals surface area contributed by atoms with Gasteiger partial charge in [0.25, 0.3) is 11.8 Å². The van der Waals surface area contributed by atoms with Crippen LogP contribution in [0.25, 0.3) is 17.0 Å². The number of amides is 2. The van der Waals surface area contributed by atoms with Crippen LogP contribution in [0.4, 0.5) is 13.2 Å². The fourth-order valence-electron chi connectivity index (χ4n) is 2.41. The van der Waals surface area contributed by atoms with E-state index in [2.05, 4.69) is 15.8 Å². The summed E-state index contributed by atoms with van der Waals surface area (Å²) < 4.78 is 38.0. The smallest absolute Gasteiger partial charge is 0.268 e. The largest absolute Gasteiger partial charge is 0.416 e. The Morgan fingerprint density at radius 3 is 2.50 bits per heavy atom. The van der Waals surface area contributed by atoms with Crippen molar-refractivity contribution in [3.63, 3.8) is 0 Å². The molecule has 2 amide bonds. The highest BCUT2D eigenvalue weighted by Gasteiger charge is 2.30. The van der Waals surface area contributed by atoms with Crippen molar-refractivity contribution in [3.8, 4) is 0 Å². The van der Waals surface area contributed by atoms with Crippen molar-refractivity contribution in [2.24, 2.45) is 0 Å². The number of aromatic nitrogens is 1. The number of halogens is 3. The normalized spacial score (nSPS) is 11.5. The number of hydrazine groups is 1. The van der Waals surface area contributed by atoms with E-state index in [1.165, 1.54) is 24.3 Å². The van der Waals surface area contributed by atoms with E-state index in [4.69, 9.17) is 0 Å². The van der Waals surface area contributed by atoms with Gasteiger partial charge in [0.15, 0.2) is 0 Å². The summed E-state index contributed by atoms with van der Waals surface area (Å²) in [7, 11) is 0. The Bertz CT molecular complexity index is 1060. The van der Waals surface area contributed by atoms with E-state index >= 15 is 0 Å². The number of fused-ring (bicyclic) bond motifs is 1. The maximum atomic E-state index is 12.7. The molecule has 1 aromatic heterocycles. The number of alkyl halides is 3. The lowest BCUT2D eigenvalue weighted by atomic mass is 10.1. The molecule has 3 rings (SSSR count). The van der Waals surface area contributed by atoms with Gasteiger partial charge in [-0.15, -0.1) is 0 Å². The van der Waals surface area contributed by atoms with Gasteiger partial charge >= 0.3 is 6.18 Å². The van der Waals surface area contributed by atoms with Crippen molar-refractivity contribution in [1.82, 2.24) is 15.8 Å². The third-order valence-corrected chi connectivity index (χ3v) is 3.77. The maximum Gasteiger partial charge on any atom is 0.416 e. The molecule has 0 saturated carbocycles. The molecule has 0 aliphatic heterocycles. The van der Waals surface area contributed by atoms with Crippen molar-refractivity contribution in [2.75, 3.05) is 0 Å². The van der Waals surface area contributed by atoms with Gasteiger partial charge < -0.3 is 0 Å². The fraction of sp³-hybridized carbons (Fsp3) is 0.0500. The molecule has 0 aliphatic rings. The molecule has 28 heavy (non-hydrogen) atoms. The van der Waals surface area contributed by atoms with Gasteiger partial charge in [0.1, 0.15) is 5.69 Å². The van der Waals surface area contributed by atoms with Crippen LogP contribution in [0.1, 0.15) is 21.6 Å². The Hall–Kier alpha value is -3.68. The lowest BCUT2D eigenvalue weighted by Crippen LogP contribution is -2.41. The first-order valence-corrected chi connectivity index (χ1v) is 8.14. The minimum absolute atomic E-state index is 0.112. The SMILES string of the molecule is O=C(/C=C/c1cccc(C(F)(F)F)c1)NNC(=O)c1ccc2ccccc2n1. The van der Waals surface area contributed by atoms with Crippen LogP contribution in [0.5, 0.6) is 0 Å². The van der Waals surface area contributed by atoms with Gasteiger partial charge in [-0.05, 0) is 35.9 Å². The molecule has 1 heterocycles. The summed E-state index contributed by atoms with van der Waals surface area (Å²) in [6, 6.07) is 15.0. The van der Waals surface area contributed by atoms with E-state index in [1.807, 2.05) is 12.1 Å². The van der Waals surface area contributed by atoms with E-state index < -0.39 is 23.6 Å². The molecule has 0 aliphatic carbocycles. The lowest BCUT2D eigenvalue weighted by molar-refractivity contribution is -0.137. The van der Waals surface area contributed by atoms with Gasteiger partial charge in [-0.3, -0.25) is 20.4 Å². The Morgan fingerprint density at radius 1 is 0.929 bits per heavy atom. The zero-order valence-corrected chi connectivity index (χ0v) is 14.3. The van der Waals surface area contributed by atoms with Crippen LogP contribution in [0.15, 0.2) is 66.7 Å². The highest BCUT2D eigenvalue weighted by molar-refractivity contribution is 5.98. The Labute approximate surface area is 157 Å². The average molecular weight is 385 g/mol. The second kappa shape index (κ2) is 7.91. The van der Waals surface area contributed by atoms with E-state index in [9.17, 15) is 22.8 Å². The molecule has 0 saturated heterocycles. The Kier molecular flexibility index (Phi) is 5.39. The number of benzene rings is 2. The number of carbonyl (C=O) groups excluding carboxylic acids is 2. The van der Waals surface area contributed by atoms with E-state index in [-0.39, 0.29) is 11.3 Å². The number of nitrogens with one attached hydrogen (secondary N) is 2. The second-order valence-corrected chi connectivity index (χ2v) is 5.79. The molecule has 8 heteroatoms. The molecule has 142 valence electrons. The van der Waals surface area contributed by atoms with Crippen molar-refractivity contribution >= 4 is 28.8 Å². The summed E-state index contributed by atoms with van der Waals surface area (Å²) in [6.45, 7) is 0. The minimum Gasteiger partial charge on any atom is -0.268 e. The first-order chi connectivity index (χ1) is 13.3. The fourth-order valence-corrected chi connectivity index (χ4v) is 2.41. The molecule has 2 N–H and O–H groups in total. The van der Waals surface area contributed by atoms with Gasteiger partial charge in [-0.25, -0.2) is 4.98 Å².